The van der Waals surface area contributed by atoms with Crippen molar-refractivity contribution in [1.82, 2.24) is 0 Å². The zero-order chi connectivity index (χ0) is 29.9. The fourth-order valence-corrected chi connectivity index (χ4v) is 5.70. The highest BCUT2D eigenvalue weighted by atomic mass is 32.1. The van der Waals surface area contributed by atoms with E-state index in [1.165, 1.54) is 116 Å². The molecule has 2 rings (SSSR count). The first-order chi connectivity index (χ1) is 20.7. The first-order valence-electron chi connectivity index (χ1n) is 17.0. The van der Waals surface area contributed by atoms with E-state index in [0.717, 1.165) is 35.8 Å². The van der Waals surface area contributed by atoms with Crippen LogP contribution in [0.25, 0.3) is 0 Å². The Hall–Kier alpha value is -1.59. The van der Waals surface area contributed by atoms with Crippen LogP contribution in [0.4, 0.5) is 0 Å². The van der Waals surface area contributed by atoms with Crippen LogP contribution in [0.5, 0.6) is 11.5 Å². The molecule has 0 aliphatic rings. The molecule has 5 heteroatoms. The summed E-state index contributed by atoms with van der Waals surface area (Å²) in [5, 5.41) is 0. The number of rotatable bonds is 28. The molecule has 0 saturated carbocycles. The van der Waals surface area contributed by atoms with E-state index in [2.05, 4.69) is 25.3 Å². The van der Waals surface area contributed by atoms with Gasteiger partial charge in [0.1, 0.15) is 11.5 Å². The van der Waals surface area contributed by atoms with Crippen molar-refractivity contribution < 1.29 is 14.3 Å². The number of ether oxygens (including phenoxy) is 2. The van der Waals surface area contributed by atoms with E-state index in [9.17, 15) is 4.79 Å². The Bertz CT molecular complexity index is 859. The molecular weight excluding hydrogens is 557 g/mol. The minimum absolute atomic E-state index is 0.00198. The fraction of sp³-hybridized carbons (Fsp3) is 0.649. The maximum atomic E-state index is 13.2. The van der Waals surface area contributed by atoms with Gasteiger partial charge in [0.25, 0.3) is 0 Å². The van der Waals surface area contributed by atoms with Gasteiger partial charge in [-0.3, -0.25) is 4.79 Å². The summed E-state index contributed by atoms with van der Waals surface area (Å²) in [6.45, 7) is 1.39. The molecule has 2 aromatic rings. The van der Waals surface area contributed by atoms with Crippen molar-refractivity contribution in [3.05, 3.63) is 59.7 Å². The van der Waals surface area contributed by atoms with Crippen LogP contribution in [0.15, 0.2) is 48.5 Å². The lowest BCUT2D eigenvalue weighted by atomic mass is 10.0. The number of hydrogen-bond acceptors (Lipinski definition) is 5. The number of benzene rings is 2. The lowest BCUT2D eigenvalue weighted by Gasteiger charge is -2.10. The molecule has 0 saturated heterocycles. The number of carbonyl (C=O) groups is 1. The monoisotopic (exact) mass is 614 g/mol. The third-order valence-corrected chi connectivity index (χ3v) is 8.47. The highest BCUT2D eigenvalue weighted by Gasteiger charge is 2.11. The normalized spacial score (nSPS) is 11.1. The lowest BCUT2D eigenvalue weighted by Crippen LogP contribution is -2.04. The van der Waals surface area contributed by atoms with Crippen molar-refractivity contribution in [2.24, 2.45) is 0 Å². The van der Waals surface area contributed by atoms with Crippen LogP contribution in [0.1, 0.15) is 144 Å². The van der Waals surface area contributed by atoms with Crippen LogP contribution in [0, 0.1) is 0 Å². The molecule has 0 amide bonds. The quantitative estimate of drug-likeness (QED) is 0.0568. The summed E-state index contributed by atoms with van der Waals surface area (Å²) in [4.78, 5) is 13.2. The Labute approximate surface area is 268 Å². The zero-order valence-corrected chi connectivity index (χ0v) is 28.0. The minimum Gasteiger partial charge on any atom is -0.494 e. The topological polar surface area (TPSA) is 35.5 Å². The van der Waals surface area contributed by atoms with Gasteiger partial charge < -0.3 is 9.47 Å². The predicted octanol–water partition coefficient (Wildman–Crippen LogP) is 11.3. The maximum absolute atomic E-state index is 13.2. The molecule has 2 aromatic carbocycles. The van der Waals surface area contributed by atoms with E-state index in [0.29, 0.717) is 24.3 Å². The molecule has 0 aliphatic carbocycles. The maximum Gasteiger partial charge on any atom is 0.193 e. The van der Waals surface area contributed by atoms with Gasteiger partial charge in [0.2, 0.25) is 0 Å². The molecule has 0 radical (unpaired) electrons. The highest BCUT2D eigenvalue weighted by Crippen LogP contribution is 2.21. The Morgan fingerprint density at radius 3 is 1.10 bits per heavy atom. The van der Waals surface area contributed by atoms with E-state index in [4.69, 9.17) is 9.47 Å². The Morgan fingerprint density at radius 1 is 0.452 bits per heavy atom. The second kappa shape index (κ2) is 25.9. The summed E-state index contributed by atoms with van der Waals surface area (Å²) in [7, 11) is 0. The SMILES string of the molecule is O=C(c1cccc(OCCCCCCCCCCCCS)c1)c1cccc(OCCCCCCCCCCCCS)c1. The lowest BCUT2D eigenvalue weighted by molar-refractivity contribution is 0.103. The molecule has 0 spiro atoms. The number of ketones is 1. The van der Waals surface area contributed by atoms with Crippen molar-refractivity contribution in [3.8, 4) is 11.5 Å². The van der Waals surface area contributed by atoms with Gasteiger partial charge in [-0.05, 0) is 61.5 Å². The van der Waals surface area contributed by atoms with Crippen molar-refractivity contribution >= 4 is 31.0 Å². The average Bonchev–Trinajstić information content (AvgIpc) is 3.02. The average molecular weight is 615 g/mol. The van der Waals surface area contributed by atoms with Crippen molar-refractivity contribution in [2.75, 3.05) is 24.7 Å². The largest absolute Gasteiger partial charge is 0.494 e. The number of thiol groups is 2. The third kappa shape index (κ3) is 18.2. The van der Waals surface area contributed by atoms with Gasteiger partial charge in [0.05, 0.1) is 13.2 Å². The van der Waals surface area contributed by atoms with Gasteiger partial charge in [-0.15, -0.1) is 0 Å². The Morgan fingerprint density at radius 2 is 0.762 bits per heavy atom. The minimum atomic E-state index is 0.00198. The summed E-state index contributed by atoms with van der Waals surface area (Å²) in [6, 6.07) is 15.2. The third-order valence-electron chi connectivity index (χ3n) is 7.83. The highest BCUT2D eigenvalue weighted by molar-refractivity contribution is 7.80. The Balaban J connectivity index is 1.58. The van der Waals surface area contributed by atoms with Gasteiger partial charge in [-0.1, -0.05) is 127 Å². The number of unbranched alkanes of at least 4 members (excludes halogenated alkanes) is 18. The van der Waals surface area contributed by atoms with Crippen molar-refractivity contribution in [2.45, 2.75) is 128 Å². The summed E-state index contributed by atoms with van der Waals surface area (Å²) in [5.41, 5.74) is 1.31. The molecule has 0 heterocycles. The molecule has 0 fully saturated rings. The molecule has 236 valence electrons. The van der Waals surface area contributed by atoms with E-state index in [-0.39, 0.29) is 5.78 Å². The van der Waals surface area contributed by atoms with Crippen LogP contribution < -0.4 is 9.47 Å². The summed E-state index contributed by atoms with van der Waals surface area (Å²) in [5.74, 6) is 3.57. The molecule has 0 atom stereocenters. The van der Waals surface area contributed by atoms with E-state index < -0.39 is 0 Å². The van der Waals surface area contributed by atoms with Gasteiger partial charge in [0.15, 0.2) is 5.78 Å². The molecule has 0 aliphatic heterocycles. The first kappa shape index (κ1) is 36.6. The van der Waals surface area contributed by atoms with Crippen LogP contribution in [0.3, 0.4) is 0 Å². The number of carbonyl (C=O) groups excluding carboxylic acids is 1. The molecule has 3 nitrogen and oxygen atoms in total. The van der Waals surface area contributed by atoms with Crippen LogP contribution in [-0.2, 0) is 0 Å². The standard InChI is InChI=1S/C37H58O3S2/c38-37(33-23-21-25-35(31-33)39-27-17-13-9-5-1-3-7-11-15-19-29-41)34-24-22-26-36(32-34)40-28-18-14-10-6-2-4-8-12-16-20-30-42/h21-26,31-32,41-42H,1-20,27-30H2. The molecule has 0 N–H and O–H groups in total. The number of hydrogen-bond donors (Lipinski definition) is 2. The van der Waals surface area contributed by atoms with Crippen molar-refractivity contribution in [1.29, 1.82) is 0 Å². The molecule has 0 bridgehead atoms. The summed E-state index contributed by atoms with van der Waals surface area (Å²) < 4.78 is 12.0. The summed E-state index contributed by atoms with van der Waals surface area (Å²) >= 11 is 8.55. The summed E-state index contributed by atoms with van der Waals surface area (Å²) in [6.07, 6.45) is 25.7. The van der Waals surface area contributed by atoms with Crippen LogP contribution in [-0.4, -0.2) is 30.5 Å². The van der Waals surface area contributed by atoms with Gasteiger partial charge >= 0.3 is 0 Å². The van der Waals surface area contributed by atoms with E-state index in [1.807, 2.05) is 48.5 Å². The van der Waals surface area contributed by atoms with Crippen LogP contribution >= 0.6 is 25.3 Å². The Kier molecular flexibility index (Phi) is 22.5. The predicted molar refractivity (Wildman–Crippen MR) is 187 cm³/mol. The van der Waals surface area contributed by atoms with Gasteiger partial charge in [-0.2, -0.15) is 25.3 Å². The molecule has 42 heavy (non-hydrogen) atoms. The van der Waals surface area contributed by atoms with E-state index >= 15 is 0 Å². The van der Waals surface area contributed by atoms with Gasteiger partial charge in [0, 0.05) is 11.1 Å². The fourth-order valence-electron chi connectivity index (χ4n) is 5.26. The van der Waals surface area contributed by atoms with Crippen LogP contribution in [0.2, 0.25) is 0 Å². The van der Waals surface area contributed by atoms with Crippen molar-refractivity contribution in [3.63, 3.8) is 0 Å². The molecular formula is C37H58O3S2. The smallest absolute Gasteiger partial charge is 0.193 e. The zero-order valence-electron chi connectivity index (χ0n) is 26.2. The molecule has 0 aromatic heterocycles. The van der Waals surface area contributed by atoms with Gasteiger partial charge in [-0.25, -0.2) is 0 Å². The second-order valence-corrected chi connectivity index (χ2v) is 12.5. The second-order valence-electron chi connectivity index (χ2n) is 11.6. The van der Waals surface area contributed by atoms with E-state index in [1.54, 1.807) is 0 Å². The molecule has 0 unspecified atom stereocenters. The first-order valence-corrected chi connectivity index (χ1v) is 18.2.